The minimum absolute atomic E-state index is 0.121. The van der Waals surface area contributed by atoms with Gasteiger partial charge in [0, 0.05) is 6.42 Å². The summed E-state index contributed by atoms with van der Waals surface area (Å²) < 4.78 is 5.34. The van der Waals surface area contributed by atoms with Crippen LogP contribution in [0.5, 0.6) is 0 Å². The van der Waals surface area contributed by atoms with Crippen LogP contribution in [0.25, 0.3) is 0 Å². The van der Waals surface area contributed by atoms with Crippen LogP contribution in [0.3, 0.4) is 0 Å². The minimum atomic E-state index is -0.535. The Labute approximate surface area is 138 Å². The van der Waals surface area contributed by atoms with E-state index in [0.29, 0.717) is 24.2 Å². The summed E-state index contributed by atoms with van der Waals surface area (Å²) in [5.74, 6) is 1.43. The molecule has 0 aromatic carbocycles. The van der Waals surface area contributed by atoms with Crippen molar-refractivity contribution in [3.05, 3.63) is 23.8 Å². The fraction of sp³-hybridized carbons (Fsp3) is 0.737. The Morgan fingerprint density at radius 3 is 2.87 bits per heavy atom. The van der Waals surface area contributed by atoms with E-state index in [2.05, 4.69) is 19.1 Å². The summed E-state index contributed by atoms with van der Waals surface area (Å²) in [6.45, 7) is 2.27. The van der Waals surface area contributed by atoms with E-state index in [1.54, 1.807) is 0 Å². The molecule has 0 saturated carbocycles. The van der Waals surface area contributed by atoms with Gasteiger partial charge in [-0.15, -0.1) is 0 Å². The lowest BCUT2D eigenvalue weighted by molar-refractivity contribution is -0.160. The molecule has 0 radical (unpaired) electrons. The van der Waals surface area contributed by atoms with E-state index >= 15 is 0 Å². The highest BCUT2D eigenvalue weighted by molar-refractivity contribution is 5.70. The van der Waals surface area contributed by atoms with Crippen LogP contribution in [0.2, 0.25) is 0 Å². The monoisotopic (exact) mass is 320 g/mol. The van der Waals surface area contributed by atoms with Gasteiger partial charge >= 0.3 is 5.97 Å². The molecule has 2 N–H and O–H groups in total. The molecule has 1 saturated heterocycles. The lowest BCUT2D eigenvalue weighted by Crippen LogP contribution is -2.33. The quantitative estimate of drug-likeness (QED) is 0.782. The third kappa shape index (κ3) is 4.04. The van der Waals surface area contributed by atoms with Crippen LogP contribution in [-0.4, -0.2) is 34.5 Å². The number of carbonyl (C=O) groups excluding carboxylic acids is 1. The molecule has 6 atom stereocenters. The third-order valence-corrected chi connectivity index (χ3v) is 5.67. The fourth-order valence-corrected chi connectivity index (χ4v) is 4.44. The van der Waals surface area contributed by atoms with Crippen molar-refractivity contribution in [1.82, 2.24) is 0 Å². The second-order valence-corrected chi connectivity index (χ2v) is 7.44. The SMILES string of the molecule is C[C@H]1C=CC2=C[C@@H](O)CC[C@@H]2[C@H]1CCC[C@@H]1C[C@@H](O)CC(=O)O1. The number of hydrogen-bond donors (Lipinski definition) is 2. The smallest absolute Gasteiger partial charge is 0.308 e. The van der Waals surface area contributed by atoms with Gasteiger partial charge in [-0.05, 0) is 55.4 Å². The lowest BCUT2D eigenvalue weighted by Gasteiger charge is -2.38. The molecular weight excluding hydrogens is 292 g/mol. The van der Waals surface area contributed by atoms with Crippen LogP contribution < -0.4 is 0 Å². The van der Waals surface area contributed by atoms with Gasteiger partial charge in [-0.25, -0.2) is 0 Å². The van der Waals surface area contributed by atoms with Gasteiger partial charge < -0.3 is 14.9 Å². The van der Waals surface area contributed by atoms with Gasteiger partial charge in [0.05, 0.1) is 18.6 Å². The molecule has 4 nitrogen and oxygen atoms in total. The van der Waals surface area contributed by atoms with Crippen molar-refractivity contribution in [3.8, 4) is 0 Å². The number of ether oxygens (including phenoxy) is 1. The van der Waals surface area contributed by atoms with Crippen molar-refractivity contribution in [2.45, 2.75) is 70.2 Å². The van der Waals surface area contributed by atoms with Crippen LogP contribution in [0.1, 0.15) is 51.9 Å². The molecule has 3 rings (SSSR count). The summed E-state index contributed by atoms with van der Waals surface area (Å²) in [4.78, 5) is 11.4. The van der Waals surface area contributed by atoms with Gasteiger partial charge in [0.1, 0.15) is 6.10 Å². The highest BCUT2D eigenvalue weighted by Gasteiger charge is 2.34. The van der Waals surface area contributed by atoms with E-state index in [1.807, 2.05) is 6.08 Å². The van der Waals surface area contributed by atoms with Crippen molar-refractivity contribution in [2.75, 3.05) is 0 Å². The summed E-state index contributed by atoms with van der Waals surface area (Å²) in [5, 5.41) is 19.5. The van der Waals surface area contributed by atoms with Gasteiger partial charge in [-0.3, -0.25) is 4.79 Å². The van der Waals surface area contributed by atoms with Crippen LogP contribution in [-0.2, 0) is 9.53 Å². The average molecular weight is 320 g/mol. The molecular formula is C19H28O4. The minimum Gasteiger partial charge on any atom is -0.462 e. The van der Waals surface area contributed by atoms with Crippen molar-refractivity contribution in [2.24, 2.45) is 17.8 Å². The van der Waals surface area contributed by atoms with Crippen molar-refractivity contribution in [1.29, 1.82) is 0 Å². The van der Waals surface area contributed by atoms with Gasteiger partial charge in [-0.2, -0.15) is 0 Å². The number of fused-ring (bicyclic) bond motifs is 1. The first kappa shape index (κ1) is 16.7. The van der Waals surface area contributed by atoms with Crippen molar-refractivity contribution in [3.63, 3.8) is 0 Å². The zero-order valence-corrected chi connectivity index (χ0v) is 13.9. The summed E-state index contributed by atoms with van der Waals surface area (Å²) >= 11 is 0. The third-order valence-electron chi connectivity index (χ3n) is 5.67. The first-order chi connectivity index (χ1) is 11.0. The maximum atomic E-state index is 11.4. The molecule has 2 aliphatic carbocycles. The number of cyclic esters (lactones) is 1. The Morgan fingerprint density at radius 2 is 2.09 bits per heavy atom. The first-order valence-electron chi connectivity index (χ1n) is 8.98. The van der Waals surface area contributed by atoms with E-state index in [4.69, 9.17) is 4.74 Å². The number of hydrogen-bond acceptors (Lipinski definition) is 4. The number of aliphatic hydroxyl groups excluding tert-OH is 2. The Bertz CT molecular complexity index is 496. The predicted molar refractivity (Wildman–Crippen MR) is 87.6 cm³/mol. The number of aliphatic hydroxyl groups is 2. The number of esters is 1. The van der Waals surface area contributed by atoms with Crippen molar-refractivity contribution < 1.29 is 19.7 Å². The average Bonchev–Trinajstić information content (AvgIpc) is 2.48. The Morgan fingerprint density at radius 1 is 1.26 bits per heavy atom. The Hall–Kier alpha value is -1.13. The summed E-state index contributed by atoms with van der Waals surface area (Å²) in [5.41, 5.74) is 1.30. The van der Waals surface area contributed by atoms with E-state index in [0.717, 1.165) is 32.1 Å². The normalized spacial score (nSPS) is 40.3. The van der Waals surface area contributed by atoms with Gasteiger partial charge in [0.2, 0.25) is 0 Å². The molecule has 0 spiro atoms. The van der Waals surface area contributed by atoms with Gasteiger partial charge in [0.15, 0.2) is 0 Å². The summed E-state index contributed by atoms with van der Waals surface area (Å²) in [6, 6.07) is 0. The zero-order valence-electron chi connectivity index (χ0n) is 13.9. The first-order valence-corrected chi connectivity index (χ1v) is 8.98. The van der Waals surface area contributed by atoms with Crippen LogP contribution in [0.15, 0.2) is 23.8 Å². The van der Waals surface area contributed by atoms with Crippen molar-refractivity contribution >= 4 is 5.97 Å². The van der Waals surface area contributed by atoms with E-state index < -0.39 is 6.10 Å². The maximum absolute atomic E-state index is 11.4. The molecule has 0 unspecified atom stereocenters. The number of carbonyl (C=O) groups is 1. The molecule has 128 valence electrons. The largest absolute Gasteiger partial charge is 0.462 e. The molecule has 1 heterocycles. The Balaban J connectivity index is 1.54. The molecule has 3 aliphatic rings. The number of allylic oxidation sites excluding steroid dienone is 3. The maximum Gasteiger partial charge on any atom is 0.308 e. The molecule has 4 heteroatoms. The van der Waals surface area contributed by atoms with Gasteiger partial charge in [-0.1, -0.05) is 25.2 Å². The number of rotatable bonds is 4. The fourth-order valence-electron chi connectivity index (χ4n) is 4.44. The highest BCUT2D eigenvalue weighted by atomic mass is 16.5. The van der Waals surface area contributed by atoms with E-state index in [1.165, 1.54) is 5.57 Å². The molecule has 1 fully saturated rings. The van der Waals surface area contributed by atoms with E-state index in [9.17, 15) is 15.0 Å². The molecule has 0 bridgehead atoms. The summed E-state index contributed by atoms with van der Waals surface area (Å²) in [7, 11) is 0. The van der Waals surface area contributed by atoms with Gasteiger partial charge in [0.25, 0.3) is 0 Å². The molecule has 0 aromatic rings. The predicted octanol–water partition coefficient (Wildman–Crippen LogP) is 2.74. The van der Waals surface area contributed by atoms with E-state index in [-0.39, 0.29) is 24.6 Å². The lowest BCUT2D eigenvalue weighted by atomic mass is 9.67. The highest BCUT2D eigenvalue weighted by Crippen LogP contribution is 2.42. The van der Waals surface area contributed by atoms with Crippen LogP contribution in [0.4, 0.5) is 0 Å². The van der Waals surface area contributed by atoms with Crippen LogP contribution in [0, 0.1) is 17.8 Å². The van der Waals surface area contributed by atoms with Crippen LogP contribution >= 0.6 is 0 Å². The molecule has 0 aromatic heterocycles. The molecule has 23 heavy (non-hydrogen) atoms. The molecule has 0 amide bonds. The second kappa shape index (κ2) is 7.18. The Kier molecular flexibility index (Phi) is 5.22. The topological polar surface area (TPSA) is 66.8 Å². The molecule has 1 aliphatic heterocycles. The zero-order chi connectivity index (χ0) is 16.4. The summed E-state index contributed by atoms with van der Waals surface area (Å²) in [6.07, 6.45) is 11.1. The standard InChI is InChI=1S/C19H28O4/c1-12-5-6-13-9-14(20)7-8-18(13)17(12)4-2-3-16-10-15(21)11-19(22)23-16/h5-6,9,12,14-18,20-21H,2-4,7-8,10-11H2,1H3/t12-,14-,15+,16+,17-,18-/m0/s1. The second-order valence-electron chi connectivity index (χ2n) is 7.44.